The lowest BCUT2D eigenvalue weighted by molar-refractivity contribution is 0.730. The molecule has 0 unspecified atom stereocenters. The second kappa shape index (κ2) is 5.10. The summed E-state index contributed by atoms with van der Waals surface area (Å²) in [5.74, 6) is 0.459. The Bertz CT molecular complexity index is 1050. The van der Waals surface area contributed by atoms with Gasteiger partial charge in [0.25, 0.3) is 5.56 Å². The molecule has 0 amide bonds. The lowest BCUT2D eigenvalue weighted by Crippen LogP contribution is -2.30. The molecule has 1 aliphatic rings. The van der Waals surface area contributed by atoms with Crippen LogP contribution < -0.4 is 16.3 Å². The van der Waals surface area contributed by atoms with E-state index in [0.29, 0.717) is 16.1 Å². The van der Waals surface area contributed by atoms with Crippen molar-refractivity contribution in [1.29, 1.82) is 0 Å². The van der Waals surface area contributed by atoms with Gasteiger partial charge in [0, 0.05) is 5.02 Å². The quantitative estimate of drug-likeness (QED) is 0.729. The maximum absolute atomic E-state index is 12.2. The van der Waals surface area contributed by atoms with Gasteiger partial charge in [0.05, 0.1) is 11.0 Å². The summed E-state index contributed by atoms with van der Waals surface area (Å²) >= 11 is 6.17. The van der Waals surface area contributed by atoms with Crippen LogP contribution in [-0.2, 0) is 6.42 Å². The van der Waals surface area contributed by atoms with Crippen LogP contribution >= 0.6 is 11.6 Å². The molecule has 1 aliphatic carbocycles. The van der Waals surface area contributed by atoms with Crippen molar-refractivity contribution in [3.05, 3.63) is 61.6 Å². The van der Waals surface area contributed by atoms with E-state index >= 15 is 0 Å². The Morgan fingerprint density at radius 3 is 3.05 bits per heavy atom. The normalized spacial score (nSPS) is 14.9. The Hall–Kier alpha value is -2.40. The molecule has 2 aromatic heterocycles. The van der Waals surface area contributed by atoms with E-state index in [2.05, 4.69) is 21.1 Å². The predicted octanol–water partition coefficient (Wildman–Crippen LogP) is 1.02. The lowest BCUT2D eigenvalue weighted by Gasteiger charge is -2.06. The molecule has 1 N–H and O–H groups in total. The zero-order valence-electron chi connectivity index (χ0n) is 11.7. The summed E-state index contributed by atoms with van der Waals surface area (Å²) in [6.45, 7) is 0. The number of hydrogen-bond acceptors (Lipinski definition) is 3. The molecule has 0 bridgehead atoms. The van der Waals surface area contributed by atoms with Gasteiger partial charge in [-0.1, -0.05) is 35.9 Å². The molecule has 0 saturated carbocycles. The average molecular weight is 313 g/mol. The highest BCUT2D eigenvalue weighted by molar-refractivity contribution is 6.32. The fraction of sp³-hybridized carbons (Fsp3) is 0.188. The zero-order valence-corrected chi connectivity index (χ0v) is 12.5. The molecule has 0 radical (unpaired) electrons. The van der Waals surface area contributed by atoms with Gasteiger partial charge in [0.15, 0.2) is 0 Å². The van der Waals surface area contributed by atoms with Crippen LogP contribution in [0.1, 0.15) is 24.1 Å². The number of imidazole rings is 1. The number of hydrogen-bond donors (Lipinski definition) is 1. The summed E-state index contributed by atoms with van der Waals surface area (Å²) in [7, 11) is 0. The maximum Gasteiger partial charge on any atom is 0.276 e. The van der Waals surface area contributed by atoms with Crippen molar-refractivity contribution in [2.75, 3.05) is 0 Å². The Labute approximate surface area is 130 Å². The minimum absolute atomic E-state index is 0.220. The highest BCUT2D eigenvalue weighted by Gasteiger charge is 2.10. The number of nitrogens with zero attached hydrogens (tertiary/aromatic N) is 3. The first-order valence-corrected chi connectivity index (χ1v) is 7.54. The molecular weight excluding hydrogens is 300 g/mol. The Kier molecular flexibility index (Phi) is 3.08. The molecule has 22 heavy (non-hydrogen) atoms. The molecule has 5 nitrogen and oxygen atoms in total. The predicted molar refractivity (Wildman–Crippen MR) is 85.3 cm³/mol. The Balaban J connectivity index is 2.05. The topological polar surface area (TPSA) is 63.0 Å². The molecular formula is C16H13ClN4O. The number of aromatic nitrogens is 4. The molecule has 0 spiro atoms. The zero-order chi connectivity index (χ0) is 15.1. The lowest BCUT2D eigenvalue weighted by atomic mass is 10.1. The third-order valence-corrected chi connectivity index (χ3v) is 4.13. The van der Waals surface area contributed by atoms with Crippen LogP contribution in [0.2, 0.25) is 5.02 Å². The van der Waals surface area contributed by atoms with Crippen molar-refractivity contribution in [2.24, 2.45) is 0 Å². The maximum atomic E-state index is 12.2. The van der Waals surface area contributed by atoms with Crippen LogP contribution in [0.3, 0.4) is 0 Å². The first-order chi connectivity index (χ1) is 10.7. The van der Waals surface area contributed by atoms with Crippen LogP contribution in [0.25, 0.3) is 17.9 Å². The van der Waals surface area contributed by atoms with Gasteiger partial charge in [-0.3, -0.25) is 9.78 Å². The number of rotatable bonds is 1. The average Bonchev–Trinajstić information content (AvgIpc) is 2.82. The Morgan fingerprint density at radius 1 is 1.32 bits per heavy atom. The van der Waals surface area contributed by atoms with Crippen LogP contribution in [-0.4, -0.2) is 19.6 Å². The summed E-state index contributed by atoms with van der Waals surface area (Å²) in [4.78, 5) is 19.5. The first-order valence-electron chi connectivity index (χ1n) is 7.17. The van der Waals surface area contributed by atoms with Gasteiger partial charge >= 0.3 is 0 Å². The summed E-state index contributed by atoms with van der Waals surface area (Å²) in [5, 5.41) is 6.48. The smallest absolute Gasteiger partial charge is 0.276 e. The van der Waals surface area contributed by atoms with E-state index in [1.54, 1.807) is 16.7 Å². The molecule has 110 valence electrons. The fourth-order valence-corrected chi connectivity index (χ4v) is 2.86. The van der Waals surface area contributed by atoms with E-state index < -0.39 is 0 Å². The van der Waals surface area contributed by atoms with Crippen molar-refractivity contribution in [3.63, 3.8) is 0 Å². The molecule has 0 aliphatic heterocycles. The van der Waals surface area contributed by atoms with Crippen molar-refractivity contribution in [1.82, 2.24) is 19.6 Å². The van der Waals surface area contributed by atoms with Crippen molar-refractivity contribution in [2.45, 2.75) is 19.3 Å². The second-order valence-corrected chi connectivity index (χ2v) is 5.69. The van der Waals surface area contributed by atoms with Crippen molar-refractivity contribution in [3.8, 4) is 0 Å². The number of benzene rings is 1. The molecule has 6 heteroatoms. The van der Waals surface area contributed by atoms with E-state index in [1.807, 2.05) is 18.2 Å². The second-order valence-electron chi connectivity index (χ2n) is 5.28. The fourth-order valence-electron chi connectivity index (χ4n) is 2.67. The summed E-state index contributed by atoms with van der Waals surface area (Å²) in [6.07, 6.45) is 6.75. The standard InChI is InChI=1S/C16H13ClN4O/c17-11-6-2-1-5-10(11)9-14-15(22)19-16-18-12-7-3-4-8-13(12)20-21(14)16/h1-2,5-7,9H,3-4,8H2,(H,18,19,22)/b14-9-. The number of halogens is 1. The molecule has 1 aromatic carbocycles. The van der Waals surface area contributed by atoms with Crippen molar-refractivity contribution >= 4 is 29.5 Å². The monoisotopic (exact) mass is 312 g/mol. The van der Waals surface area contributed by atoms with E-state index in [1.165, 1.54) is 0 Å². The first kappa shape index (κ1) is 13.3. The minimum Gasteiger partial charge on any atom is -0.289 e. The largest absolute Gasteiger partial charge is 0.289 e. The van der Waals surface area contributed by atoms with Gasteiger partial charge in [0.2, 0.25) is 5.78 Å². The SMILES string of the molecule is O=c1[nH]c2nc3c(nn2/c1=C\c1ccccc1Cl)CCCC=3. The number of nitrogens with one attached hydrogen (secondary N) is 1. The molecule has 2 heterocycles. The van der Waals surface area contributed by atoms with Crippen molar-refractivity contribution < 1.29 is 0 Å². The number of H-pyrrole nitrogens is 1. The van der Waals surface area contributed by atoms with Crippen LogP contribution in [0.4, 0.5) is 0 Å². The summed E-state index contributed by atoms with van der Waals surface area (Å²) < 4.78 is 1.57. The molecule has 0 fully saturated rings. The molecule has 3 aromatic rings. The van der Waals surface area contributed by atoms with E-state index in [-0.39, 0.29) is 5.56 Å². The number of aryl methyl sites for hydroxylation is 1. The van der Waals surface area contributed by atoms with Gasteiger partial charge < -0.3 is 0 Å². The summed E-state index contributed by atoms with van der Waals surface area (Å²) in [5.41, 5.74) is 1.49. The number of fused-ring (bicyclic) bond motifs is 2. The molecule has 0 atom stereocenters. The molecule has 0 saturated heterocycles. The van der Waals surface area contributed by atoms with Gasteiger partial charge in [-0.15, -0.1) is 0 Å². The van der Waals surface area contributed by atoms with Crippen LogP contribution in [0.15, 0.2) is 29.1 Å². The summed E-state index contributed by atoms with van der Waals surface area (Å²) in [6, 6.07) is 7.39. The van der Waals surface area contributed by atoms with E-state index in [9.17, 15) is 4.79 Å². The molecule has 4 rings (SSSR count). The van der Waals surface area contributed by atoms with Crippen LogP contribution in [0.5, 0.6) is 0 Å². The third-order valence-electron chi connectivity index (χ3n) is 3.78. The number of aromatic amines is 1. The van der Waals surface area contributed by atoms with Gasteiger partial charge in [0.1, 0.15) is 5.35 Å². The van der Waals surface area contributed by atoms with Crippen LogP contribution in [0, 0.1) is 0 Å². The van der Waals surface area contributed by atoms with Gasteiger partial charge in [-0.05, 0) is 37.0 Å². The Morgan fingerprint density at radius 2 is 2.18 bits per heavy atom. The van der Waals surface area contributed by atoms with Gasteiger partial charge in [-0.25, -0.2) is 4.98 Å². The van der Waals surface area contributed by atoms with E-state index in [4.69, 9.17) is 11.6 Å². The highest BCUT2D eigenvalue weighted by atomic mass is 35.5. The van der Waals surface area contributed by atoms with Gasteiger partial charge in [-0.2, -0.15) is 9.61 Å². The highest BCUT2D eigenvalue weighted by Crippen LogP contribution is 2.14. The van der Waals surface area contributed by atoms with E-state index in [0.717, 1.165) is 35.9 Å². The third kappa shape index (κ3) is 2.14. The minimum atomic E-state index is -0.220.